The van der Waals surface area contributed by atoms with Gasteiger partial charge in [0.1, 0.15) is 5.82 Å². The van der Waals surface area contributed by atoms with Crippen molar-refractivity contribution in [3.05, 3.63) is 33.6 Å². The number of nitrogens with two attached hydrogens (primary N) is 1. The largest absolute Gasteiger partial charge is 0.324 e. The lowest BCUT2D eigenvalue weighted by molar-refractivity contribution is 0.560. The van der Waals surface area contributed by atoms with Crippen LogP contribution in [0.25, 0.3) is 0 Å². The summed E-state index contributed by atoms with van der Waals surface area (Å²) in [5.74, 6) is -0.389. The normalized spacial score (nSPS) is 12.9. The molecule has 1 atom stereocenters. The Kier molecular flexibility index (Phi) is 4.17. The van der Waals surface area contributed by atoms with Crippen LogP contribution in [0.2, 0.25) is 10.0 Å². The number of hydrogen-bond acceptors (Lipinski definition) is 1. The van der Waals surface area contributed by atoms with E-state index in [9.17, 15) is 4.39 Å². The van der Waals surface area contributed by atoms with Gasteiger partial charge in [0.05, 0.1) is 10.0 Å². The van der Waals surface area contributed by atoms with Crippen molar-refractivity contribution in [1.29, 1.82) is 0 Å². The zero-order valence-corrected chi connectivity index (χ0v) is 9.37. The van der Waals surface area contributed by atoms with E-state index in [2.05, 4.69) is 0 Å². The van der Waals surface area contributed by atoms with Gasteiger partial charge >= 0.3 is 0 Å². The summed E-state index contributed by atoms with van der Waals surface area (Å²) in [5, 5.41) is 0.572. The molecule has 0 aliphatic carbocycles. The van der Waals surface area contributed by atoms with Crippen LogP contribution in [-0.4, -0.2) is 0 Å². The van der Waals surface area contributed by atoms with Crippen molar-refractivity contribution in [3.63, 3.8) is 0 Å². The third kappa shape index (κ3) is 2.38. The molecular formula is C10H12Cl2FN. The monoisotopic (exact) mass is 235 g/mol. The minimum atomic E-state index is -0.389. The fourth-order valence-electron chi connectivity index (χ4n) is 1.34. The minimum absolute atomic E-state index is 0.229. The SMILES string of the molecule is CCC[C@@H](N)c1c(F)ccc(Cl)c1Cl. The molecule has 14 heavy (non-hydrogen) atoms. The predicted octanol–water partition coefficient (Wildman–Crippen LogP) is 3.93. The smallest absolute Gasteiger partial charge is 0.129 e. The Labute approximate surface area is 93.0 Å². The molecule has 4 heteroatoms. The molecule has 0 saturated carbocycles. The predicted molar refractivity (Wildman–Crippen MR) is 58.3 cm³/mol. The summed E-state index contributed by atoms with van der Waals surface area (Å²) in [7, 11) is 0. The highest BCUT2D eigenvalue weighted by molar-refractivity contribution is 6.42. The van der Waals surface area contributed by atoms with Crippen molar-refractivity contribution in [2.24, 2.45) is 5.73 Å². The fourth-order valence-corrected chi connectivity index (χ4v) is 1.80. The van der Waals surface area contributed by atoms with E-state index in [-0.39, 0.29) is 16.9 Å². The summed E-state index contributed by atoms with van der Waals surface area (Å²) in [4.78, 5) is 0. The van der Waals surface area contributed by atoms with Gasteiger partial charge in [-0.3, -0.25) is 0 Å². The second-order valence-corrected chi connectivity index (χ2v) is 3.94. The topological polar surface area (TPSA) is 26.0 Å². The van der Waals surface area contributed by atoms with Crippen molar-refractivity contribution in [1.82, 2.24) is 0 Å². The molecule has 0 bridgehead atoms. The van der Waals surface area contributed by atoms with Gasteiger partial charge in [0.2, 0.25) is 0 Å². The number of hydrogen-bond donors (Lipinski definition) is 1. The van der Waals surface area contributed by atoms with Gasteiger partial charge in [0.15, 0.2) is 0 Å². The van der Waals surface area contributed by atoms with E-state index in [1.54, 1.807) is 0 Å². The van der Waals surface area contributed by atoms with E-state index in [1.807, 2.05) is 6.92 Å². The first kappa shape index (κ1) is 11.8. The molecule has 0 spiro atoms. The molecule has 0 aliphatic heterocycles. The van der Waals surface area contributed by atoms with Gasteiger partial charge in [-0.1, -0.05) is 36.5 Å². The molecule has 1 rings (SSSR count). The van der Waals surface area contributed by atoms with E-state index in [0.29, 0.717) is 17.0 Å². The molecule has 0 amide bonds. The molecule has 0 radical (unpaired) electrons. The maximum atomic E-state index is 13.4. The first-order valence-corrected chi connectivity index (χ1v) is 5.22. The summed E-state index contributed by atoms with van der Waals surface area (Å²) >= 11 is 11.7. The molecule has 0 heterocycles. The van der Waals surface area contributed by atoms with Crippen molar-refractivity contribution in [2.75, 3.05) is 0 Å². The zero-order chi connectivity index (χ0) is 10.7. The zero-order valence-electron chi connectivity index (χ0n) is 7.86. The molecule has 0 aromatic heterocycles. The lowest BCUT2D eigenvalue weighted by atomic mass is 10.0. The van der Waals surface area contributed by atoms with Crippen LogP contribution >= 0.6 is 23.2 Å². The fraction of sp³-hybridized carbons (Fsp3) is 0.400. The second-order valence-electron chi connectivity index (χ2n) is 3.15. The van der Waals surface area contributed by atoms with E-state index >= 15 is 0 Å². The lowest BCUT2D eigenvalue weighted by Crippen LogP contribution is -2.12. The lowest BCUT2D eigenvalue weighted by Gasteiger charge is -2.14. The Bertz CT molecular complexity index is 328. The van der Waals surface area contributed by atoms with Gasteiger partial charge < -0.3 is 5.73 Å². The minimum Gasteiger partial charge on any atom is -0.324 e. The summed E-state index contributed by atoms with van der Waals surface area (Å²) < 4.78 is 13.4. The van der Waals surface area contributed by atoms with Gasteiger partial charge in [0.25, 0.3) is 0 Å². The highest BCUT2D eigenvalue weighted by Crippen LogP contribution is 2.32. The Balaban J connectivity index is 3.11. The number of benzene rings is 1. The quantitative estimate of drug-likeness (QED) is 0.790. The molecule has 78 valence electrons. The van der Waals surface area contributed by atoms with E-state index in [4.69, 9.17) is 28.9 Å². The summed E-state index contributed by atoms with van der Waals surface area (Å²) in [5.41, 5.74) is 6.11. The van der Waals surface area contributed by atoms with Gasteiger partial charge in [0, 0.05) is 11.6 Å². The van der Waals surface area contributed by atoms with Crippen LogP contribution in [0.3, 0.4) is 0 Å². The highest BCUT2D eigenvalue weighted by Gasteiger charge is 2.16. The molecule has 1 nitrogen and oxygen atoms in total. The number of halogens is 3. The molecule has 2 N–H and O–H groups in total. The second kappa shape index (κ2) is 4.96. The van der Waals surface area contributed by atoms with E-state index in [0.717, 1.165) is 6.42 Å². The third-order valence-electron chi connectivity index (χ3n) is 2.05. The summed E-state index contributed by atoms with van der Waals surface area (Å²) in [6.07, 6.45) is 1.57. The molecular weight excluding hydrogens is 224 g/mol. The molecule has 0 aliphatic rings. The highest BCUT2D eigenvalue weighted by atomic mass is 35.5. The molecule has 0 unspecified atom stereocenters. The van der Waals surface area contributed by atoms with Crippen molar-refractivity contribution >= 4 is 23.2 Å². The number of rotatable bonds is 3. The Morgan fingerprint density at radius 2 is 2.07 bits per heavy atom. The first-order valence-electron chi connectivity index (χ1n) is 4.46. The van der Waals surface area contributed by atoms with Crippen LogP contribution in [0.15, 0.2) is 12.1 Å². The molecule has 1 aromatic rings. The standard InChI is InChI=1S/C10H12Cl2FN/c1-2-3-8(14)9-7(13)5-4-6(11)10(9)12/h4-5,8H,2-3,14H2,1H3/t8-/m1/s1. The Hall–Kier alpha value is -0.310. The van der Waals surface area contributed by atoms with Crippen molar-refractivity contribution in [2.45, 2.75) is 25.8 Å². The first-order chi connectivity index (χ1) is 6.57. The third-order valence-corrected chi connectivity index (χ3v) is 2.87. The van der Waals surface area contributed by atoms with Crippen LogP contribution in [0.4, 0.5) is 4.39 Å². The van der Waals surface area contributed by atoms with E-state index in [1.165, 1.54) is 12.1 Å². The Morgan fingerprint density at radius 1 is 1.43 bits per heavy atom. The van der Waals surface area contributed by atoms with Gasteiger partial charge in [-0.05, 0) is 18.6 Å². The Morgan fingerprint density at radius 3 is 2.64 bits per heavy atom. The van der Waals surface area contributed by atoms with Gasteiger partial charge in [-0.15, -0.1) is 0 Å². The van der Waals surface area contributed by atoms with Gasteiger partial charge in [-0.25, -0.2) is 4.39 Å². The average Bonchev–Trinajstić information content (AvgIpc) is 2.13. The van der Waals surface area contributed by atoms with Crippen LogP contribution in [0.5, 0.6) is 0 Å². The average molecular weight is 236 g/mol. The van der Waals surface area contributed by atoms with Crippen molar-refractivity contribution < 1.29 is 4.39 Å². The summed E-state index contributed by atoms with van der Waals surface area (Å²) in [6.45, 7) is 1.98. The summed E-state index contributed by atoms with van der Waals surface area (Å²) in [6, 6.07) is 2.34. The van der Waals surface area contributed by atoms with Gasteiger partial charge in [-0.2, -0.15) is 0 Å². The molecule has 0 fully saturated rings. The molecule has 0 saturated heterocycles. The van der Waals surface area contributed by atoms with Crippen LogP contribution in [0.1, 0.15) is 31.4 Å². The van der Waals surface area contributed by atoms with Crippen LogP contribution < -0.4 is 5.73 Å². The maximum Gasteiger partial charge on any atom is 0.129 e. The molecule has 1 aromatic carbocycles. The van der Waals surface area contributed by atoms with Crippen LogP contribution in [0, 0.1) is 5.82 Å². The maximum absolute atomic E-state index is 13.4. The van der Waals surface area contributed by atoms with E-state index < -0.39 is 0 Å². The van der Waals surface area contributed by atoms with Crippen molar-refractivity contribution in [3.8, 4) is 0 Å². The van der Waals surface area contributed by atoms with Crippen LogP contribution in [-0.2, 0) is 0 Å².